The van der Waals surface area contributed by atoms with Crippen LogP contribution in [0.25, 0.3) is 22.5 Å². The largest absolute Gasteiger partial charge is 0.223 e. The van der Waals surface area contributed by atoms with Crippen molar-refractivity contribution < 1.29 is 0 Å². The Labute approximate surface area is 144 Å². The number of hydrogen-bond donors (Lipinski definition) is 0. The maximum absolute atomic E-state index is 4.24. The second-order valence-electron chi connectivity index (χ2n) is 6.76. The molecule has 1 aliphatic rings. The van der Waals surface area contributed by atoms with Crippen molar-refractivity contribution in [1.82, 2.24) is 29.5 Å². The van der Waals surface area contributed by atoms with Crippen molar-refractivity contribution in [3.63, 3.8) is 0 Å². The summed E-state index contributed by atoms with van der Waals surface area (Å²) in [4.78, 5) is 8.09. The fourth-order valence-electron chi connectivity index (χ4n) is 3.68. The molecule has 0 saturated heterocycles. The van der Waals surface area contributed by atoms with Crippen LogP contribution in [0.15, 0.2) is 61.7 Å². The molecule has 0 saturated carbocycles. The monoisotopic (exact) mass is 328 g/mol. The van der Waals surface area contributed by atoms with E-state index < -0.39 is 0 Å². The summed E-state index contributed by atoms with van der Waals surface area (Å²) in [6, 6.07) is 12.9. The first-order valence-corrected chi connectivity index (χ1v) is 8.14. The number of rotatable bonds is 2. The predicted octanol–water partition coefficient (Wildman–Crippen LogP) is 3.15. The third-order valence-electron chi connectivity index (χ3n) is 5.01. The van der Waals surface area contributed by atoms with Crippen molar-refractivity contribution in [3.05, 3.63) is 72.8 Å². The van der Waals surface area contributed by atoms with Gasteiger partial charge in [0.05, 0.1) is 11.4 Å². The summed E-state index contributed by atoms with van der Waals surface area (Å²) in [5, 5.41) is 8.49. The lowest BCUT2D eigenvalue weighted by molar-refractivity contribution is 0.657. The molecule has 2 aromatic heterocycles. The molecule has 0 atom stereocenters. The summed E-state index contributed by atoms with van der Waals surface area (Å²) in [6.45, 7) is 4.52. The zero-order chi connectivity index (χ0) is 17.0. The molecule has 0 spiro atoms. The standard InChI is InChI=1S/C19H16N6/c1-19(2)17-7-13(24-11-20-9-22-24)3-5-15(17)16-6-4-14(8-18(16)19)25-12-21-10-23-25/h3-12H,1-2H3. The highest BCUT2D eigenvalue weighted by Gasteiger charge is 2.36. The summed E-state index contributed by atoms with van der Waals surface area (Å²) >= 11 is 0. The van der Waals surface area contributed by atoms with Crippen molar-refractivity contribution in [1.29, 1.82) is 0 Å². The van der Waals surface area contributed by atoms with Crippen molar-refractivity contribution in [2.24, 2.45) is 0 Å². The molecule has 4 aromatic rings. The van der Waals surface area contributed by atoms with Gasteiger partial charge in [-0.05, 0) is 46.5 Å². The smallest absolute Gasteiger partial charge is 0.138 e. The van der Waals surface area contributed by atoms with Crippen molar-refractivity contribution in [2.75, 3.05) is 0 Å². The van der Waals surface area contributed by atoms with Gasteiger partial charge in [0, 0.05) is 5.41 Å². The third kappa shape index (κ3) is 1.97. The van der Waals surface area contributed by atoms with Crippen LogP contribution in [-0.2, 0) is 5.41 Å². The highest BCUT2D eigenvalue weighted by atomic mass is 15.3. The Balaban J connectivity index is 1.68. The fourth-order valence-corrected chi connectivity index (χ4v) is 3.68. The first-order valence-electron chi connectivity index (χ1n) is 8.14. The van der Waals surface area contributed by atoms with Crippen LogP contribution in [0.5, 0.6) is 0 Å². The van der Waals surface area contributed by atoms with E-state index in [1.165, 1.54) is 22.3 Å². The molecule has 122 valence electrons. The molecule has 2 aromatic carbocycles. The summed E-state index contributed by atoms with van der Waals surface area (Å²) in [7, 11) is 0. The second kappa shape index (κ2) is 4.86. The molecule has 1 aliphatic carbocycles. The van der Waals surface area contributed by atoms with Gasteiger partial charge in [-0.15, -0.1) is 0 Å². The van der Waals surface area contributed by atoms with Crippen LogP contribution in [0.2, 0.25) is 0 Å². The zero-order valence-electron chi connectivity index (χ0n) is 14.0. The Hall–Kier alpha value is -3.28. The van der Waals surface area contributed by atoms with Gasteiger partial charge >= 0.3 is 0 Å². The van der Waals surface area contributed by atoms with Gasteiger partial charge in [0.15, 0.2) is 0 Å². The maximum Gasteiger partial charge on any atom is 0.138 e. The number of fused-ring (bicyclic) bond motifs is 3. The van der Waals surface area contributed by atoms with Crippen molar-refractivity contribution in [2.45, 2.75) is 19.3 Å². The molecule has 0 fully saturated rings. The minimum atomic E-state index is -0.0994. The van der Waals surface area contributed by atoms with Crippen LogP contribution in [-0.4, -0.2) is 29.5 Å². The molecule has 2 heterocycles. The van der Waals surface area contributed by atoms with Gasteiger partial charge in [-0.2, -0.15) is 10.2 Å². The molecule has 0 radical (unpaired) electrons. The third-order valence-corrected chi connectivity index (χ3v) is 5.01. The van der Waals surface area contributed by atoms with Crippen molar-refractivity contribution >= 4 is 0 Å². The lowest BCUT2D eigenvalue weighted by atomic mass is 9.82. The highest BCUT2D eigenvalue weighted by Crippen LogP contribution is 2.49. The second-order valence-corrected chi connectivity index (χ2v) is 6.76. The Morgan fingerprint density at radius 2 is 1.20 bits per heavy atom. The van der Waals surface area contributed by atoms with Crippen LogP contribution in [0, 0.1) is 0 Å². The number of aromatic nitrogens is 6. The molecule has 5 rings (SSSR count). The van der Waals surface area contributed by atoms with Crippen LogP contribution in [0.3, 0.4) is 0 Å². The molecule has 6 nitrogen and oxygen atoms in total. The van der Waals surface area contributed by atoms with Crippen LogP contribution < -0.4 is 0 Å². The predicted molar refractivity (Wildman–Crippen MR) is 93.8 cm³/mol. The van der Waals surface area contributed by atoms with Gasteiger partial charge in [-0.1, -0.05) is 26.0 Å². The first-order chi connectivity index (χ1) is 12.1. The molecule has 0 bridgehead atoms. The van der Waals surface area contributed by atoms with E-state index in [0.29, 0.717) is 0 Å². The minimum absolute atomic E-state index is 0.0994. The molecule has 0 N–H and O–H groups in total. The molecule has 0 unspecified atom stereocenters. The van der Waals surface area contributed by atoms with Gasteiger partial charge in [-0.25, -0.2) is 19.3 Å². The Kier molecular flexibility index (Phi) is 2.74. The SMILES string of the molecule is CC1(C)c2cc(-n3cncn3)ccc2-c2ccc(-n3cncn3)cc21. The molecule has 0 amide bonds. The van der Waals surface area contributed by atoms with Gasteiger partial charge in [-0.3, -0.25) is 0 Å². The van der Waals surface area contributed by atoms with E-state index in [1.54, 1.807) is 34.7 Å². The average molecular weight is 328 g/mol. The summed E-state index contributed by atoms with van der Waals surface area (Å²) in [5.41, 5.74) is 7.08. The number of benzene rings is 2. The lowest BCUT2D eigenvalue weighted by Crippen LogP contribution is -2.16. The number of hydrogen-bond acceptors (Lipinski definition) is 4. The van der Waals surface area contributed by atoms with E-state index in [1.807, 2.05) is 0 Å². The van der Waals surface area contributed by atoms with Crippen LogP contribution >= 0.6 is 0 Å². The van der Waals surface area contributed by atoms with E-state index >= 15 is 0 Å². The lowest BCUT2D eigenvalue weighted by Gasteiger charge is -2.22. The molecular weight excluding hydrogens is 312 g/mol. The Morgan fingerprint density at radius 3 is 1.60 bits per heavy atom. The number of nitrogens with zero attached hydrogens (tertiary/aromatic N) is 6. The van der Waals surface area contributed by atoms with Gasteiger partial charge in [0.25, 0.3) is 0 Å². The van der Waals surface area contributed by atoms with E-state index in [9.17, 15) is 0 Å². The molecule has 6 heteroatoms. The Morgan fingerprint density at radius 1 is 0.720 bits per heavy atom. The normalized spacial score (nSPS) is 14.3. The van der Waals surface area contributed by atoms with E-state index in [4.69, 9.17) is 0 Å². The summed E-state index contributed by atoms with van der Waals surface area (Å²) in [5.74, 6) is 0. The quantitative estimate of drug-likeness (QED) is 0.567. The van der Waals surface area contributed by atoms with E-state index in [0.717, 1.165) is 11.4 Å². The van der Waals surface area contributed by atoms with E-state index in [2.05, 4.69) is 70.4 Å². The first kappa shape index (κ1) is 14.1. The minimum Gasteiger partial charge on any atom is -0.223 e. The fraction of sp³-hybridized carbons (Fsp3) is 0.158. The average Bonchev–Trinajstić information content (AvgIpc) is 3.36. The van der Waals surface area contributed by atoms with Gasteiger partial charge in [0.1, 0.15) is 25.3 Å². The highest BCUT2D eigenvalue weighted by molar-refractivity contribution is 5.82. The zero-order valence-corrected chi connectivity index (χ0v) is 14.0. The van der Waals surface area contributed by atoms with Gasteiger partial charge in [0.2, 0.25) is 0 Å². The van der Waals surface area contributed by atoms with Gasteiger partial charge < -0.3 is 0 Å². The summed E-state index contributed by atoms with van der Waals surface area (Å²) < 4.78 is 3.58. The summed E-state index contributed by atoms with van der Waals surface area (Å²) in [6.07, 6.45) is 6.55. The molecule has 25 heavy (non-hydrogen) atoms. The topological polar surface area (TPSA) is 61.4 Å². The van der Waals surface area contributed by atoms with Crippen molar-refractivity contribution in [3.8, 4) is 22.5 Å². The van der Waals surface area contributed by atoms with E-state index in [-0.39, 0.29) is 5.41 Å². The van der Waals surface area contributed by atoms with Crippen LogP contribution in [0.4, 0.5) is 0 Å². The maximum atomic E-state index is 4.24. The van der Waals surface area contributed by atoms with Crippen LogP contribution in [0.1, 0.15) is 25.0 Å². The molecule has 0 aliphatic heterocycles. The molecular formula is C19H16N6. The Bertz CT molecular complexity index is 976.